The fourth-order valence-electron chi connectivity index (χ4n) is 1.90. The third kappa shape index (κ3) is 2.55. The molecule has 1 aromatic heterocycles. The second-order valence-corrected chi connectivity index (χ2v) is 3.42. The van der Waals surface area contributed by atoms with Crippen LogP contribution in [0.4, 0.5) is 0 Å². The first-order valence-corrected chi connectivity index (χ1v) is 5.48. The first kappa shape index (κ1) is 11.2. The van der Waals surface area contributed by atoms with Crippen LogP contribution in [0.2, 0.25) is 0 Å². The number of likely N-dealkylation sites (tertiary alicyclic amines) is 1. The maximum atomic E-state index is 4.14. The Morgan fingerprint density at radius 2 is 2.21 bits per heavy atom. The summed E-state index contributed by atoms with van der Waals surface area (Å²) < 4.78 is 0. The largest absolute Gasteiger partial charge is 0.299 e. The Balaban J connectivity index is 0.000000461. The molecule has 2 rings (SSSR count). The highest BCUT2D eigenvalue weighted by molar-refractivity contribution is 5.14. The molecule has 2 heterocycles. The van der Waals surface area contributed by atoms with Gasteiger partial charge in [-0.3, -0.25) is 9.88 Å². The van der Waals surface area contributed by atoms with Gasteiger partial charge in [-0.15, -0.1) is 0 Å². The summed E-state index contributed by atoms with van der Waals surface area (Å²) in [5.74, 6) is 0. The van der Waals surface area contributed by atoms with Crippen molar-refractivity contribution < 1.29 is 0 Å². The smallest absolute Gasteiger partial charge is 0.0360 e. The molecule has 1 fully saturated rings. The molecule has 78 valence electrons. The Hall–Kier alpha value is -0.890. The molecule has 1 aliphatic rings. The molecule has 0 amide bonds. The van der Waals surface area contributed by atoms with Crippen LogP contribution in [0.1, 0.15) is 38.3 Å². The van der Waals surface area contributed by atoms with Crippen molar-refractivity contribution in [3.8, 4) is 0 Å². The zero-order valence-corrected chi connectivity index (χ0v) is 9.40. The van der Waals surface area contributed by atoms with Crippen LogP contribution in [0.25, 0.3) is 0 Å². The van der Waals surface area contributed by atoms with Crippen molar-refractivity contribution in [1.82, 2.24) is 9.88 Å². The van der Waals surface area contributed by atoms with E-state index >= 15 is 0 Å². The molecule has 0 bridgehead atoms. The van der Waals surface area contributed by atoms with Crippen LogP contribution in [-0.2, 0) is 0 Å². The predicted octanol–water partition coefficient (Wildman–Crippen LogP) is 2.87. The molecule has 1 atom stereocenters. The van der Waals surface area contributed by atoms with Gasteiger partial charge in [0.2, 0.25) is 0 Å². The average Bonchev–Trinajstić information content (AvgIpc) is 2.69. The molecule has 1 aromatic rings. The van der Waals surface area contributed by atoms with Gasteiger partial charge in [-0.05, 0) is 38.1 Å². The predicted molar refractivity (Wildman–Crippen MR) is 60.2 cm³/mol. The topological polar surface area (TPSA) is 16.1 Å². The van der Waals surface area contributed by atoms with Gasteiger partial charge in [-0.25, -0.2) is 0 Å². The number of hydrogen-bond acceptors (Lipinski definition) is 2. The molecule has 2 heteroatoms. The van der Waals surface area contributed by atoms with Crippen molar-refractivity contribution in [3.05, 3.63) is 30.1 Å². The molecule has 0 aromatic carbocycles. The Labute approximate surface area is 87.0 Å². The standard InChI is InChI=1S/C10H14N2.C2H6/c1-12-7-3-5-10(12)9-4-2-6-11-8-9;1-2/h2,4,6,8,10H,3,5,7H2,1H3;1-2H3/t10-;/m0./s1. The second-order valence-electron chi connectivity index (χ2n) is 3.42. The van der Waals surface area contributed by atoms with Crippen LogP contribution in [0.15, 0.2) is 24.5 Å². The molecule has 14 heavy (non-hydrogen) atoms. The van der Waals surface area contributed by atoms with Crippen LogP contribution in [0, 0.1) is 0 Å². The van der Waals surface area contributed by atoms with E-state index < -0.39 is 0 Å². The van der Waals surface area contributed by atoms with Crippen LogP contribution in [-0.4, -0.2) is 23.5 Å². The summed E-state index contributed by atoms with van der Waals surface area (Å²) in [7, 11) is 2.19. The zero-order chi connectivity index (χ0) is 10.4. The van der Waals surface area contributed by atoms with E-state index in [9.17, 15) is 0 Å². The normalized spacial score (nSPS) is 21.5. The van der Waals surface area contributed by atoms with E-state index in [2.05, 4.69) is 23.0 Å². The molecule has 0 spiro atoms. The molecule has 0 N–H and O–H groups in total. The quantitative estimate of drug-likeness (QED) is 0.680. The first-order valence-electron chi connectivity index (χ1n) is 5.48. The summed E-state index contributed by atoms with van der Waals surface area (Å²) in [6.07, 6.45) is 6.41. The fourth-order valence-corrected chi connectivity index (χ4v) is 1.90. The Morgan fingerprint density at radius 3 is 2.71 bits per heavy atom. The Morgan fingerprint density at radius 1 is 1.43 bits per heavy atom. The van der Waals surface area contributed by atoms with Gasteiger partial charge in [-0.1, -0.05) is 19.9 Å². The summed E-state index contributed by atoms with van der Waals surface area (Å²) in [5.41, 5.74) is 1.36. The van der Waals surface area contributed by atoms with Gasteiger partial charge in [0, 0.05) is 18.4 Å². The first-order chi connectivity index (χ1) is 6.88. The van der Waals surface area contributed by atoms with Crippen LogP contribution in [0.5, 0.6) is 0 Å². The maximum absolute atomic E-state index is 4.14. The third-order valence-electron chi connectivity index (χ3n) is 2.59. The highest BCUT2D eigenvalue weighted by atomic mass is 15.1. The van der Waals surface area contributed by atoms with E-state index in [0.717, 1.165) is 0 Å². The summed E-state index contributed by atoms with van der Waals surface area (Å²) in [6.45, 7) is 5.22. The minimum absolute atomic E-state index is 0.610. The Kier molecular flexibility index (Phi) is 4.60. The van der Waals surface area contributed by atoms with Crippen LogP contribution in [0.3, 0.4) is 0 Å². The summed E-state index contributed by atoms with van der Waals surface area (Å²) in [6, 6.07) is 4.79. The van der Waals surface area contributed by atoms with E-state index in [-0.39, 0.29) is 0 Å². The molecule has 1 saturated heterocycles. The van der Waals surface area contributed by atoms with E-state index in [1.165, 1.54) is 24.9 Å². The molecule has 0 unspecified atom stereocenters. The maximum Gasteiger partial charge on any atom is 0.0360 e. The van der Waals surface area contributed by atoms with Gasteiger partial charge in [0.05, 0.1) is 0 Å². The van der Waals surface area contributed by atoms with E-state index in [1.54, 1.807) is 0 Å². The number of pyridine rings is 1. The minimum Gasteiger partial charge on any atom is -0.299 e. The minimum atomic E-state index is 0.610. The summed E-state index contributed by atoms with van der Waals surface area (Å²) in [4.78, 5) is 6.54. The number of rotatable bonds is 1. The lowest BCUT2D eigenvalue weighted by atomic mass is 10.1. The molecule has 1 aliphatic heterocycles. The summed E-state index contributed by atoms with van der Waals surface area (Å²) in [5, 5.41) is 0. The molecule has 0 radical (unpaired) electrons. The van der Waals surface area contributed by atoms with Crippen molar-refractivity contribution in [3.63, 3.8) is 0 Å². The van der Waals surface area contributed by atoms with Gasteiger partial charge in [0.25, 0.3) is 0 Å². The highest BCUT2D eigenvalue weighted by Crippen LogP contribution is 2.29. The van der Waals surface area contributed by atoms with Gasteiger partial charge >= 0.3 is 0 Å². The summed E-state index contributed by atoms with van der Waals surface area (Å²) >= 11 is 0. The lowest BCUT2D eigenvalue weighted by Gasteiger charge is -2.18. The molecule has 2 nitrogen and oxygen atoms in total. The second kappa shape index (κ2) is 5.76. The third-order valence-corrected chi connectivity index (χ3v) is 2.59. The van der Waals surface area contributed by atoms with Crippen molar-refractivity contribution in [1.29, 1.82) is 0 Å². The van der Waals surface area contributed by atoms with Crippen LogP contribution >= 0.6 is 0 Å². The molecular formula is C12H20N2. The lowest BCUT2D eigenvalue weighted by Crippen LogP contribution is -2.17. The van der Waals surface area contributed by atoms with Gasteiger partial charge in [0.1, 0.15) is 0 Å². The molecule has 0 saturated carbocycles. The van der Waals surface area contributed by atoms with E-state index in [4.69, 9.17) is 0 Å². The number of aromatic nitrogens is 1. The van der Waals surface area contributed by atoms with E-state index in [1.807, 2.05) is 32.3 Å². The average molecular weight is 192 g/mol. The fraction of sp³-hybridized carbons (Fsp3) is 0.583. The zero-order valence-electron chi connectivity index (χ0n) is 9.40. The Bertz CT molecular complexity index is 246. The monoisotopic (exact) mass is 192 g/mol. The van der Waals surface area contributed by atoms with Crippen molar-refractivity contribution >= 4 is 0 Å². The van der Waals surface area contributed by atoms with E-state index in [0.29, 0.717) is 6.04 Å². The SMILES string of the molecule is CC.CN1CCC[C@H]1c1cccnc1. The lowest BCUT2D eigenvalue weighted by molar-refractivity contribution is 0.317. The van der Waals surface area contributed by atoms with Gasteiger partial charge < -0.3 is 0 Å². The molecule has 0 aliphatic carbocycles. The van der Waals surface area contributed by atoms with Crippen molar-refractivity contribution in [2.24, 2.45) is 0 Å². The highest BCUT2D eigenvalue weighted by Gasteiger charge is 2.21. The molecular weight excluding hydrogens is 172 g/mol. The van der Waals surface area contributed by atoms with Crippen molar-refractivity contribution in [2.45, 2.75) is 32.7 Å². The number of nitrogens with zero attached hydrogens (tertiary/aromatic N) is 2. The number of hydrogen-bond donors (Lipinski definition) is 0. The van der Waals surface area contributed by atoms with Crippen molar-refractivity contribution in [2.75, 3.05) is 13.6 Å². The van der Waals surface area contributed by atoms with Crippen LogP contribution < -0.4 is 0 Å². The van der Waals surface area contributed by atoms with Gasteiger partial charge in [-0.2, -0.15) is 0 Å². The van der Waals surface area contributed by atoms with Gasteiger partial charge in [0.15, 0.2) is 0 Å².